The molecule has 6 heteroatoms. The highest BCUT2D eigenvalue weighted by atomic mass is 16.5. The van der Waals surface area contributed by atoms with Crippen molar-refractivity contribution in [1.29, 1.82) is 0 Å². The molecule has 2 amide bonds. The highest BCUT2D eigenvalue weighted by Gasteiger charge is 2.31. The van der Waals surface area contributed by atoms with Crippen LogP contribution in [0.25, 0.3) is 0 Å². The van der Waals surface area contributed by atoms with Crippen LogP contribution in [0.4, 0.5) is 0 Å². The van der Waals surface area contributed by atoms with Gasteiger partial charge in [0.15, 0.2) is 0 Å². The van der Waals surface area contributed by atoms with Crippen molar-refractivity contribution in [3.05, 3.63) is 29.8 Å². The van der Waals surface area contributed by atoms with Crippen molar-refractivity contribution in [2.75, 3.05) is 33.3 Å². The SMILES string of the molecule is COc1cccc([C@@H]2CCCN2CC(=O)N2CCC(C(N)=O)CC2)c1. The van der Waals surface area contributed by atoms with E-state index in [1.54, 1.807) is 7.11 Å². The van der Waals surface area contributed by atoms with E-state index in [0.29, 0.717) is 32.5 Å². The van der Waals surface area contributed by atoms with E-state index in [1.807, 2.05) is 17.0 Å². The van der Waals surface area contributed by atoms with Gasteiger partial charge < -0.3 is 15.4 Å². The van der Waals surface area contributed by atoms with E-state index in [1.165, 1.54) is 5.56 Å². The second-order valence-corrected chi connectivity index (χ2v) is 6.96. The van der Waals surface area contributed by atoms with Crippen LogP contribution in [0.1, 0.15) is 37.3 Å². The summed E-state index contributed by atoms with van der Waals surface area (Å²) in [7, 11) is 1.67. The number of methoxy groups -OCH3 is 1. The molecule has 2 saturated heterocycles. The average Bonchev–Trinajstić information content (AvgIpc) is 3.10. The van der Waals surface area contributed by atoms with Crippen LogP contribution in [-0.4, -0.2) is 54.9 Å². The van der Waals surface area contributed by atoms with Gasteiger partial charge in [-0.1, -0.05) is 12.1 Å². The van der Waals surface area contributed by atoms with Gasteiger partial charge in [-0.15, -0.1) is 0 Å². The highest BCUT2D eigenvalue weighted by Crippen LogP contribution is 2.33. The topological polar surface area (TPSA) is 75.9 Å². The second kappa shape index (κ2) is 7.87. The molecule has 1 aromatic rings. The summed E-state index contributed by atoms with van der Waals surface area (Å²) >= 11 is 0. The fraction of sp³-hybridized carbons (Fsp3) is 0.579. The molecule has 0 bridgehead atoms. The number of nitrogens with two attached hydrogens (primary N) is 1. The summed E-state index contributed by atoms with van der Waals surface area (Å²) in [5.41, 5.74) is 6.57. The van der Waals surface area contributed by atoms with Crippen molar-refractivity contribution in [2.24, 2.45) is 11.7 Å². The van der Waals surface area contributed by atoms with Crippen LogP contribution < -0.4 is 10.5 Å². The number of benzene rings is 1. The van der Waals surface area contributed by atoms with Crippen molar-refractivity contribution >= 4 is 11.8 Å². The Morgan fingerprint density at radius 1 is 1.20 bits per heavy atom. The Kier molecular flexibility index (Phi) is 5.58. The lowest BCUT2D eigenvalue weighted by Crippen LogP contribution is -2.45. The van der Waals surface area contributed by atoms with Gasteiger partial charge in [-0.25, -0.2) is 0 Å². The minimum Gasteiger partial charge on any atom is -0.497 e. The number of piperidine rings is 1. The first-order valence-corrected chi connectivity index (χ1v) is 9.03. The molecule has 25 heavy (non-hydrogen) atoms. The third-order valence-electron chi connectivity index (χ3n) is 5.43. The first-order valence-electron chi connectivity index (χ1n) is 9.03. The summed E-state index contributed by atoms with van der Waals surface area (Å²) in [4.78, 5) is 28.1. The molecule has 136 valence electrons. The third-order valence-corrected chi connectivity index (χ3v) is 5.43. The summed E-state index contributed by atoms with van der Waals surface area (Å²) < 4.78 is 5.32. The fourth-order valence-corrected chi connectivity index (χ4v) is 3.93. The maximum atomic E-state index is 12.7. The molecule has 6 nitrogen and oxygen atoms in total. The number of nitrogens with zero attached hydrogens (tertiary/aromatic N) is 2. The van der Waals surface area contributed by atoms with Crippen LogP contribution in [0.3, 0.4) is 0 Å². The van der Waals surface area contributed by atoms with Crippen LogP contribution >= 0.6 is 0 Å². The Morgan fingerprint density at radius 3 is 2.64 bits per heavy atom. The standard InChI is InChI=1S/C19H27N3O3/c1-25-16-5-2-4-15(12-16)17-6-3-9-22(17)13-18(23)21-10-7-14(8-11-21)19(20)24/h2,4-5,12,14,17H,3,6-11,13H2,1H3,(H2,20,24)/t17-/m0/s1. The Balaban J connectivity index is 1.60. The minimum atomic E-state index is -0.246. The molecule has 0 aliphatic carbocycles. The second-order valence-electron chi connectivity index (χ2n) is 6.96. The molecule has 0 aromatic heterocycles. The molecule has 1 aromatic carbocycles. The molecule has 0 saturated carbocycles. The molecular formula is C19H27N3O3. The van der Waals surface area contributed by atoms with E-state index in [4.69, 9.17) is 10.5 Å². The number of carbonyl (C=O) groups excluding carboxylic acids is 2. The zero-order valence-electron chi connectivity index (χ0n) is 14.8. The first-order chi connectivity index (χ1) is 12.1. The van der Waals surface area contributed by atoms with Gasteiger partial charge in [0.1, 0.15) is 5.75 Å². The minimum absolute atomic E-state index is 0.0830. The normalized spacial score (nSPS) is 22.1. The van der Waals surface area contributed by atoms with Crippen molar-refractivity contribution in [3.8, 4) is 5.75 Å². The maximum Gasteiger partial charge on any atom is 0.236 e. The maximum absolute atomic E-state index is 12.7. The monoisotopic (exact) mass is 345 g/mol. The largest absolute Gasteiger partial charge is 0.497 e. The van der Waals surface area contributed by atoms with Gasteiger partial charge in [0.05, 0.1) is 13.7 Å². The molecule has 3 rings (SSSR count). The number of likely N-dealkylation sites (tertiary alicyclic amines) is 2. The van der Waals surface area contributed by atoms with Crippen LogP contribution in [-0.2, 0) is 9.59 Å². The molecule has 2 N–H and O–H groups in total. The summed E-state index contributed by atoms with van der Waals surface area (Å²) in [6.45, 7) is 2.63. The van der Waals surface area contributed by atoms with Gasteiger partial charge in [0.25, 0.3) is 0 Å². The van der Waals surface area contributed by atoms with Crippen LogP contribution in [0.5, 0.6) is 5.75 Å². The first kappa shape index (κ1) is 17.7. The number of rotatable bonds is 5. The highest BCUT2D eigenvalue weighted by molar-refractivity contribution is 5.80. The quantitative estimate of drug-likeness (QED) is 0.879. The molecule has 0 spiro atoms. The third kappa shape index (κ3) is 4.12. The lowest BCUT2D eigenvalue weighted by Gasteiger charge is -2.33. The Labute approximate surface area is 148 Å². The fourth-order valence-electron chi connectivity index (χ4n) is 3.93. The average molecular weight is 345 g/mol. The molecule has 2 heterocycles. The smallest absolute Gasteiger partial charge is 0.236 e. The number of ether oxygens (including phenoxy) is 1. The Morgan fingerprint density at radius 2 is 1.96 bits per heavy atom. The van der Waals surface area contributed by atoms with Crippen LogP contribution in [0.2, 0.25) is 0 Å². The predicted molar refractivity (Wildman–Crippen MR) is 95.0 cm³/mol. The van der Waals surface area contributed by atoms with E-state index in [9.17, 15) is 9.59 Å². The van der Waals surface area contributed by atoms with Crippen molar-refractivity contribution in [2.45, 2.75) is 31.7 Å². The number of hydrogen-bond donors (Lipinski definition) is 1. The lowest BCUT2D eigenvalue weighted by atomic mass is 9.96. The number of primary amides is 1. The van der Waals surface area contributed by atoms with Gasteiger partial charge in [-0.2, -0.15) is 0 Å². The number of carbonyl (C=O) groups is 2. The summed E-state index contributed by atoms with van der Waals surface area (Å²) in [5.74, 6) is 0.673. The molecule has 1 atom stereocenters. The Hall–Kier alpha value is -2.08. The predicted octanol–water partition coefficient (Wildman–Crippen LogP) is 1.56. The number of hydrogen-bond acceptors (Lipinski definition) is 4. The van der Waals surface area contributed by atoms with Crippen LogP contribution in [0, 0.1) is 5.92 Å². The summed E-state index contributed by atoms with van der Waals surface area (Å²) in [6.07, 6.45) is 3.52. The van der Waals surface area contributed by atoms with Crippen molar-refractivity contribution in [1.82, 2.24) is 9.80 Å². The molecular weight excluding hydrogens is 318 g/mol. The molecule has 2 aliphatic rings. The van der Waals surface area contributed by atoms with E-state index < -0.39 is 0 Å². The van der Waals surface area contributed by atoms with Gasteiger partial charge in [0, 0.05) is 25.0 Å². The van der Waals surface area contributed by atoms with E-state index in [0.717, 1.165) is 25.1 Å². The summed E-state index contributed by atoms with van der Waals surface area (Å²) in [6, 6.07) is 8.38. The van der Waals surface area contributed by atoms with Gasteiger partial charge in [-0.3, -0.25) is 14.5 Å². The Bertz CT molecular complexity index is 626. The van der Waals surface area contributed by atoms with E-state index in [-0.39, 0.29) is 23.8 Å². The van der Waals surface area contributed by atoms with Gasteiger partial charge in [0.2, 0.25) is 11.8 Å². The van der Waals surface area contributed by atoms with Crippen molar-refractivity contribution < 1.29 is 14.3 Å². The van der Waals surface area contributed by atoms with Gasteiger partial charge >= 0.3 is 0 Å². The lowest BCUT2D eigenvalue weighted by molar-refractivity contribution is -0.136. The van der Waals surface area contributed by atoms with Crippen molar-refractivity contribution in [3.63, 3.8) is 0 Å². The molecule has 0 unspecified atom stereocenters. The van der Waals surface area contributed by atoms with Crippen LogP contribution in [0.15, 0.2) is 24.3 Å². The van der Waals surface area contributed by atoms with Gasteiger partial charge in [-0.05, 0) is 49.9 Å². The zero-order valence-corrected chi connectivity index (χ0v) is 14.8. The molecule has 0 radical (unpaired) electrons. The summed E-state index contributed by atoms with van der Waals surface area (Å²) in [5, 5.41) is 0. The number of amides is 2. The molecule has 2 fully saturated rings. The van der Waals surface area contributed by atoms with E-state index in [2.05, 4.69) is 17.0 Å². The zero-order chi connectivity index (χ0) is 17.8. The van der Waals surface area contributed by atoms with E-state index >= 15 is 0 Å². The molecule has 2 aliphatic heterocycles.